The Labute approximate surface area is 136 Å². The second-order valence-corrected chi connectivity index (χ2v) is 6.62. The van der Waals surface area contributed by atoms with Crippen molar-refractivity contribution in [1.29, 1.82) is 0 Å². The van der Waals surface area contributed by atoms with Crippen molar-refractivity contribution in [3.63, 3.8) is 0 Å². The number of esters is 1. The Morgan fingerprint density at radius 2 is 1.87 bits per heavy atom. The van der Waals surface area contributed by atoms with E-state index in [1.54, 1.807) is 20.8 Å². The van der Waals surface area contributed by atoms with Gasteiger partial charge in [0.05, 0.1) is 0 Å². The molecular formula is C16H27NO6. The van der Waals surface area contributed by atoms with Crippen molar-refractivity contribution in [1.82, 2.24) is 5.32 Å². The number of nitrogens with one attached hydrogen (secondary N) is 1. The summed E-state index contributed by atoms with van der Waals surface area (Å²) in [6, 6.07) is 0. The molecule has 0 aromatic heterocycles. The molecule has 0 unspecified atom stereocenters. The lowest BCUT2D eigenvalue weighted by Crippen LogP contribution is -2.54. The van der Waals surface area contributed by atoms with Gasteiger partial charge in [-0.25, -0.2) is 9.59 Å². The van der Waals surface area contributed by atoms with Crippen LogP contribution in [0, 0.1) is 11.8 Å². The molecule has 0 aromatic rings. The molecule has 1 rings (SSSR count). The molecule has 1 aliphatic rings. The van der Waals surface area contributed by atoms with Gasteiger partial charge < -0.3 is 19.9 Å². The monoisotopic (exact) mass is 329 g/mol. The SMILES string of the molecule is CCC(=O)O[C@@H](OC(=O)N[C@@](C)(CC1CCC1)C(=O)O)C(C)C. The van der Waals surface area contributed by atoms with Gasteiger partial charge in [-0.1, -0.05) is 40.0 Å². The summed E-state index contributed by atoms with van der Waals surface area (Å²) in [5, 5.41) is 11.8. The quantitative estimate of drug-likeness (QED) is 0.524. The predicted octanol–water partition coefficient (Wildman–Crippen LogP) is 2.68. The Kier molecular flexibility index (Phi) is 6.84. The zero-order valence-corrected chi connectivity index (χ0v) is 14.3. The molecule has 2 N–H and O–H groups in total. The van der Waals surface area contributed by atoms with Crippen LogP contribution in [0.2, 0.25) is 0 Å². The van der Waals surface area contributed by atoms with Crippen LogP contribution < -0.4 is 5.32 Å². The lowest BCUT2D eigenvalue weighted by molar-refractivity contribution is -0.175. The number of hydrogen-bond acceptors (Lipinski definition) is 5. The number of carbonyl (C=O) groups excluding carboxylic acids is 2. The van der Waals surface area contributed by atoms with E-state index in [1.165, 1.54) is 6.92 Å². The van der Waals surface area contributed by atoms with E-state index in [2.05, 4.69) is 5.32 Å². The van der Waals surface area contributed by atoms with Gasteiger partial charge in [0.15, 0.2) is 0 Å². The van der Waals surface area contributed by atoms with Crippen molar-refractivity contribution in [3.05, 3.63) is 0 Å². The van der Waals surface area contributed by atoms with E-state index in [0.29, 0.717) is 12.3 Å². The minimum Gasteiger partial charge on any atom is -0.480 e. The van der Waals surface area contributed by atoms with Crippen LogP contribution in [0.3, 0.4) is 0 Å². The number of rotatable bonds is 8. The highest BCUT2D eigenvalue weighted by molar-refractivity contribution is 5.84. The normalized spacial score (nSPS) is 18.5. The summed E-state index contributed by atoms with van der Waals surface area (Å²) in [7, 11) is 0. The smallest absolute Gasteiger partial charge is 0.411 e. The van der Waals surface area contributed by atoms with E-state index >= 15 is 0 Å². The first-order valence-corrected chi connectivity index (χ1v) is 8.09. The van der Waals surface area contributed by atoms with Crippen molar-refractivity contribution in [2.75, 3.05) is 0 Å². The molecule has 1 fully saturated rings. The average Bonchev–Trinajstić information content (AvgIpc) is 2.41. The Hall–Kier alpha value is -1.79. The maximum atomic E-state index is 12.0. The molecule has 1 amide bonds. The second-order valence-electron chi connectivity index (χ2n) is 6.62. The number of carboxylic acid groups (broad SMARTS) is 1. The summed E-state index contributed by atoms with van der Waals surface area (Å²) in [5.74, 6) is -1.52. The molecule has 132 valence electrons. The molecule has 0 bridgehead atoms. The van der Waals surface area contributed by atoms with Gasteiger partial charge in [-0.05, 0) is 19.3 Å². The predicted molar refractivity (Wildman–Crippen MR) is 82.6 cm³/mol. The van der Waals surface area contributed by atoms with Crippen LogP contribution in [-0.2, 0) is 19.1 Å². The Bertz CT molecular complexity index is 446. The number of carbonyl (C=O) groups is 3. The van der Waals surface area contributed by atoms with Crippen LogP contribution in [0.4, 0.5) is 4.79 Å². The number of aliphatic carboxylic acids is 1. The Balaban J connectivity index is 2.65. The minimum atomic E-state index is -1.39. The van der Waals surface area contributed by atoms with Crippen molar-refractivity contribution >= 4 is 18.0 Å². The molecule has 0 heterocycles. The number of hydrogen-bond donors (Lipinski definition) is 2. The van der Waals surface area contributed by atoms with Gasteiger partial charge >= 0.3 is 18.0 Å². The highest BCUT2D eigenvalue weighted by Gasteiger charge is 2.40. The lowest BCUT2D eigenvalue weighted by atomic mass is 9.76. The van der Waals surface area contributed by atoms with Crippen LogP contribution >= 0.6 is 0 Å². The third-order valence-corrected chi connectivity index (χ3v) is 4.08. The lowest BCUT2D eigenvalue weighted by Gasteiger charge is -2.34. The van der Waals surface area contributed by atoms with E-state index < -0.39 is 29.9 Å². The standard InChI is InChI=1S/C16H27NO6/c1-5-12(18)22-13(10(2)3)23-15(21)17-16(4,14(19)20)9-11-7-6-8-11/h10-11,13H,5-9H2,1-4H3,(H,17,21)(H,19,20)/t13-,16-/m0/s1. The largest absolute Gasteiger partial charge is 0.480 e. The van der Waals surface area contributed by atoms with Crippen molar-refractivity contribution in [2.24, 2.45) is 11.8 Å². The van der Waals surface area contributed by atoms with E-state index in [1.807, 2.05) is 0 Å². The van der Waals surface area contributed by atoms with Gasteiger partial charge in [0.2, 0.25) is 0 Å². The molecule has 2 atom stereocenters. The van der Waals surface area contributed by atoms with Crippen LogP contribution in [0.5, 0.6) is 0 Å². The summed E-state index contributed by atoms with van der Waals surface area (Å²) in [6.45, 7) is 6.59. The third-order valence-electron chi connectivity index (χ3n) is 4.08. The van der Waals surface area contributed by atoms with E-state index in [9.17, 15) is 19.5 Å². The molecule has 0 radical (unpaired) electrons. The minimum absolute atomic E-state index is 0.169. The molecular weight excluding hydrogens is 302 g/mol. The molecule has 0 aliphatic heterocycles. The molecule has 1 aliphatic carbocycles. The van der Waals surface area contributed by atoms with Crippen molar-refractivity contribution in [2.45, 2.75) is 71.6 Å². The van der Waals surface area contributed by atoms with Gasteiger partial charge in [-0.2, -0.15) is 0 Å². The number of amides is 1. The Morgan fingerprint density at radius 3 is 2.26 bits per heavy atom. The fraction of sp³-hybridized carbons (Fsp3) is 0.812. The molecule has 0 saturated heterocycles. The topological polar surface area (TPSA) is 102 Å². The first-order valence-electron chi connectivity index (χ1n) is 8.09. The first kappa shape index (κ1) is 19.3. The molecule has 7 heteroatoms. The van der Waals surface area contributed by atoms with Crippen LogP contribution in [0.15, 0.2) is 0 Å². The van der Waals surface area contributed by atoms with Crippen LogP contribution in [0.25, 0.3) is 0 Å². The molecule has 23 heavy (non-hydrogen) atoms. The van der Waals surface area contributed by atoms with Crippen LogP contribution in [-0.4, -0.2) is 35.0 Å². The van der Waals surface area contributed by atoms with Crippen molar-refractivity contribution < 1.29 is 29.0 Å². The first-order chi connectivity index (χ1) is 10.7. The van der Waals surface area contributed by atoms with Gasteiger partial charge in [0.1, 0.15) is 5.54 Å². The molecule has 0 aromatic carbocycles. The third kappa shape index (κ3) is 5.73. The summed E-state index contributed by atoms with van der Waals surface area (Å²) < 4.78 is 10.2. The fourth-order valence-electron chi connectivity index (χ4n) is 2.34. The van der Waals surface area contributed by atoms with Gasteiger partial charge in [-0.3, -0.25) is 4.79 Å². The molecule has 1 saturated carbocycles. The summed E-state index contributed by atoms with van der Waals surface area (Å²) in [6.07, 6.45) is 1.64. The molecule has 0 spiro atoms. The Morgan fingerprint density at radius 1 is 1.26 bits per heavy atom. The molecule has 7 nitrogen and oxygen atoms in total. The maximum Gasteiger partial charge on any atom is 0.411 e. The van der Waals surface area contributed by atoms with E-state index in [4.69, 9.17) is 9.47 Å². The van der Waals surface area contributed by atoms with E-state index in [-0.39, 0.29) is 12.3 Å². The summed E-state index contributed by atoms with van der Waals surface area (Å²) >= 11 is 0. The highest BCUT2D eigenvalue weighted by Crippen LogP contribution is 2.33. The summed E-state index contributed by atoms with van der Waals surface area (Å²) in [4.78, 5) is 34.9. The number of ether oxygens (including phenoxy) is 2. The van der Waals surface area contributed by atoms with Gasteiger partial charge in [0.25, 0.3) is 6.29 Å². The number of carboxylic acids is 1. The average molecular weight is 329 g/mol. The van der Waals surface area contributed by atoms with Gasteiger partial charge in [0, 0.05) is 12.3 Å². The summed E-state index contributed by atoms with van der Waals surface area (Å²) in [5.41, 5.74) is -1.39. The highest BCUT2D eigenvalue weighted by atomic mass is 16.7. The number of alkyl carbamates (subject to hydrolysis) is 1. The van der Waals surface area contributed by atoms with Gasteiger partial charge in [-0.15, -0.1) is 0 Å². The van der Waals surface area contributed by atoms with Crippen molar-refractivity contribution in [3.8, 4) is 0 Å². The maximum absolute atomic E-state index is 12.0. The fourth-order valence-corrected chi connectivity index (χ4v) is 2.34. The zero-order chi connectivity index (χ0) is 17.6. The van der Waals surface area contributed by atoms with E-state index in [0.717, 1.165) is 19.3 Å². The second kappa shape index (κ2) is 8.17. The zero-order valence-electron chi connectivity index (χ0n) is 14.3. The van der Waals surface area contributed by atoms with Crippen LogP contribution in [0.1, 0.15) is 59.8 Å².